The maximum absolute atomic E-state index is 13.7. The van der Waals surface area contributed by atoms with Crippen LogP contribution < -0.4 is 0 Å². The van der Waals surface area contributed by atoms with E-state index in [1.165, 1.54) is 11.6 Å². The van der Waals surface area contributed by atoms with Crippen molar-refractivity contribution >= 4 is 11.6 Å². The maximum atomic E-state index is 13.7. The Morgan fingerprint density at radius 1 is 1.00 bits per heavy atom. The second kappa shape index (κ2) is 5.70. The lowest BCUT2D eigenvalue weighted by Crippen LogP contribution is -2.01. The largest absolute Gasteiger partial charge is 0.207 e. The van der Waals surface area contributed by atoms with Crippen molar-refractivity contribution in [3.05, 3.63) is 70.3 Å². The predicted molar refractivity (Wildman–Crippen MR) is 74.6 cm³/mol. The normalized spacial score (nSPS) is 12.5. The first-order valence-corrected chi connectivity index (χ1v) is 6.56. The van der Waals surface area contributed by atoms with Gasteiger partial charge in [-0.3, -0.25) is 0 Å². The highest BCUT2D eigenvalue weighted by Gasteiger charge is 2.16. The molecule has 2 rings (SSSR count). The first kappa shape index (κ1) is 14.0. The van der Waals surface area contributed by atoms with Gasteiger partial charge in [0.1, 0.15) is 11.6 Å². The van der Waals surface area contributed by atoms with Gasteiger partial charge >= 0.3 is 0 Å². The monoisotopic (exact) mass is 280 g/mol. The lowest BCUT2D eigenvalue weighted by molar-refractivity contribution is 0.564. The summed E-state index contributed by atoms with van der Waals surface area (Å²) < 4.78 is 26.9. The molecule has 0 aliphatic rings. The number of hydrogen-bond donors (Lipinski definition) is 0. The molecule has 0 bridgehead atoms. The van der Waals surface area contributed by atoms with Gasteiger partial charge in [-0.05, 0) is 37.5 Å². The van der Waals surface area contributed by atoms with Gasteiger partial charge in [0.05, 0.1) is 5.38 Å². The van der Waals surface area contributed by atoms with Gasteiger partial charge in [0.2, 0.25) is 0 Å². The number of halogens is 3. The summed E-state index contributed by atoms with van der Waals surface area (Å²) in [5.41, 5.74) is 2.96. The topological polar surface area (TPSA) is 0 Å². The summed E-state index contributed by atoms with van der Waals surface area (Å²) in [5, 5.41) is -0.498. The highest BCUT2D eigenvalue weighted by molar-refractivity contribution is 6.21. The van der Waals surface area contributed by atoms with Gasteiger partial charge in [0.25, 0.3) is 0 Å². The first-order chi connectivity index (χ1) is 8.97. The Labute approximate surface area is 117 Å². The molecule has 0 spiro atoms. The molecule has 0 aliphatic carbocycles. The average molecular weight is 281 g/mol. The molecule has 0 fully saturated rings. The molecular formula is C16H15ClF2. The molecule has 0 nitrogen and oxygen atoms in total. The standard InChI is InChI=1S/C16H15ClF2/c1-10-3-5-12(6-4-10)8-14(17)13-7-11(2)15(18)9-16(13)19/h3-7,9,14H,8H2,1-2H3. The third-order valence-corrected chi connectivity index (χ3v) is 3.54. The minimum absolute atomic E-state index is 0.348. The van der Waals surface area contributed by atoms with E-state index in [0.29, 0.717) is 17.5 Å². The Balaban J connectivity index is 2.22. The molecule has 0 radical (unpaired) electrons. The summed E-state index contributed by atoms with van der Waals surface area (Å²) >= 11 is 6.25. The molecule has 1 atom stereocenters. The summed E-state index contributed by atoms with van der Waals surface area (Å²) in [7, 11) is 0. The molecule has 100 valence electrons. The number of hydrogen-bond acceptors (Lipinski definition) is 0. The van der Waals surface area contributed by atoms with Crippen LogP contribution in [0, 0.1) is 25.5 Å². The van der Waals surface area contributed by atoms with Crippen molar-refractivity contribution in [1.82, 2.24) is 0 Å². The minimum atomic E-state index is -0.588. The maximum Gasteiger partial charge on any atom is 0.130 e. The van der Waals surface area contributed by atoms with Crippen LogP contribution in [0.3, 0.4) is 0 Å². The van der Waals surface area contributed by atoms with Crippen LogP contribution in [0.2, 0.25) is 0 Å². The number of rotatable bonds is 3. The molecule has 0 aromatic heterocycles. The van der Waals surface area contributed by atoms with E-state index in [0.717, 1.165) is 11.6 Å². The van der Waals surface area contributed by atoms with E-state index in [1.54, 1.807) is 6.92 Å². The van der Waals surface area contributed by atoms with Crippen LogP contribution in [-0.4, -0.2) is 0 Å². The van der Waals surface area contributed by atoms with E-state index in [1.807, 2.05) is 31.2 Å². The Hall–Kier alpha value is -1.41. The quantitative estimate of drug-likeness (QED) is 0.686. The summed E-state index contributed by atoms with van der Waals surface area (Å²) in [6.45, 7) is 3.61. The van der Waals surface area contributed by atoms with Crippen molar-refractivity contribution in [3.63, 3.8) is 0 Å². The molecule has 0 saturated carbocycles. The third kappa shape index (κ3) is 3.32. The van der Waals surface area contributed by atoms with E-state index in [9.17, 15) is 8.78 Å². The Bertz CT molecular complexity index is 576. The van der Waals surface area contributed by atoms with Gasteiger partial charge in [-0.15, -0.1) is 11.6 Å². The second-order valence-electron chi connectivity index (χ2n) is 4.78. The molecule has 19 heavy (non-hydrogen) atoms. The van der Waals surface area contributed by atoms with Gasteiger partial charge in [0.15, 0.2) is 0 Å². The van der Waals surface area contributed by atoms with Crippen LogP contribution in [0.5, 0.6) is 0 Å². The van der Waals surface area contributed by atoms with Gasteiger partial charge in [0, 0.05) is 11.6 Å². The van der Waals surface area contributed by atoms with Gasteiger partial charge in [-0.25, -0.2) is 8.78 Å². The zero-order valence-electron chi connectivity index (χ0n) is 10.9. The highest BCUT2D eigenvalue weighted by Crippen LogP contribution is 2.29. The summed E-state index contributed by atoms with van der Waals surface area (Å²) in [6.07, 6.45) is 0.518. The van der Waals surface area contributed by atoms with Crippen molar-refractivity contribution < 1.29 is 8.78 Å². The average Bonchev–Trinajstić information content (AvgIpc) is 2.36. The molecule has 0 N–H and O–H groups in total. The van der Waals surface area contributed by atoms with Crippen LogP contribution >= 0.6 is 11.6 Å². The lowest BCUT2D eigenvalue weighted by Gasteiger charge is -2.12. The number of alkyl halides is 1. The van der Waals surface area contributed by atoms with Gasteiger partial charge in [-0.2, -0.15) is 0 Å². The second-order valence-corrected chi connectivity index (χ2v) is 5.31. The zero-order valence-corrected chi connectivity index (χ0v) is 11.6. The lowest BCUT2D eigenvalue weighted by atomic mass is 10.0. The molecule has 1 unspecified atom stereocenters. The van der Waals surface area contributed by atoms with Crippen molar-refractivity contribution in [2.24, 2.45) is 0 Å². The predicted octanol–water partition coefficient (Wildman–Crippen LogP) is 5.10. The molecule has 0 heterocycles. The number of benzene rings is 2. The van der Waals surface area contributed by atoms with Crippen molar-refractivity contribution in [2.45, 2.75) is 25.6 Å². The summed E-state index contributed by atoms with van der Waals surface area (Å²) in [4.78, 5) is 0. The Morgan fingerprint density at radius 3 is 2.26 bits per heavy atom. The van der Waals surface area contributed by atoms with E-state index in [4.69, 9.17) is 11.6 Å². The molecular weight excluding hydrogens is 266 g/mol. The molecule has 2 aromatic rings. The highest BCUT2D eigenvalue weighted by atomic mass is 35.5. The van der Waals surface area contributed by atoms with Crippen LogP contribution in [0.25, 0.3) is 0 Å². The molecule has 0 saturated heterocycles. The molecule has 0 amide bonds. The van der Waals surface area contributed by atoms with E-state index in [2.05, 4.69) is 0 Å². The van der Waals surface area contributed by atoms with Gasteiger partial charge < -0.3 is 0 Å². The fourth-order valence-electron chi connectivity index (χ4n) is 1.96. The van der Waals surface area contributed by atoms with Crippen molar-refractivity contribution in [1.29, 1.82) is 0 Å². The molecule has 2 aromatic carbocycles. The van der Waals surface area contributed by atoms with E-state index in [-0.39, 0.29) is 0 Å². The first-order valence-electron chi connectivity index (χ1n) is 6.12. The van der Waals surface area contributed by atoms with Crippen LogP contribution in [0.15, 0.2) is 36.4 Å². The summed E-state index contributed by atoms with van der Waals surface area (Å²) in [5.74, 6) is -1.13. The van der Waals surface area contributed by atoms with Crippen molar-refractivity contribution in [3.8, 4) is 0 Å². The van der Waals surface area contributed by atoms with E-state index >= 15 is 0 Å². The molecule has 3 heteroatoms. The van der Waals surface area contributed by atoms with Crippen LogP contribution in [0.4, 0.5) is 8.78 Å². The zero-order chi connectivity index (χ0) is 14.0. The fraction of sp³-hybridized carbons (Fsp3) is 0.250. The molecule has 0 aliphatic heterocycles. The van der Waals surface area contributed by atoms with Crippen LogP contribution in [0.1, 0.15) is 27.6 Å². The van der Waals surface area contributed by atoms with E-state index < -0.39 is 17.0 Å². The van der Waals surface area contributed by atoms with Crippen molar-refractivity contribution in [2.75, 3.05) is 0 Å². The minimum Gasteiger partial charge on any atom is -0.207 e. The number of aryl methyl sites for hydroxylation is 2. The Morgan fingerprint density at radius 2 is 1.63 bits per heavy atom. The Kier molecular flexibility index (Phi) is 4.20. The third-order valence-electron chi connectivity index (χ3n) is 3.15. The smallest absolute Gasteiger partial charge is 0.130 e. The van der Waals surface area contributed by atoms with Crippen LogP contribution in [-0.2, 0) is 6.42 Å². The van der Waals surface area contributed by atoms with Gasteiger partial charge in [-0.1, -0.05) is 29.8 Å². The fourth-order valence-corrected chi connectivity index (χ4v) is 2.31. The SMILES string of the molecule is Cc1ccc(CC(Cl)c2cc(C)c(F)cc2F)cc1. The summed E-state index contributed by atoms with van der Waals surface area (Å²) in [6, 6.07) is 10.3.